The Bertz CT molecular complexity index is 1300. The standard InChI is InChI=1S/C33H27O2P/c1-5-15-25(16-6-1)31-32(26-17-7-2-8-18-26)35-33(34-31)29-23-13-14-24-30(29)36(27-19-9-3-10-20-27)28-21-11-4-12-22-28/h1-24,31-33H/t31-,32-/m0/s1. The second-order valence-electron chi connectivity index (χ2n) is 8.83. The van der Waals surface area contributed by atoms with Crippen LogP contribution in [0.2, 0.25) is 0 Å². The molecule has 0 aliphatic carbocycles. The molecule has 2 atom stereocenters. The molecule has 1 heterocycles. The van der Waals surface area contributed by atoms with Gasteiger partial charge in [-0.3, -0.25) is 0 Å². The lowest BCUT2D eigenvalue weighted by Gasteiger charge is -2.24. The molecule has 36 heavy (non-hydrogen) atoms. The fraction of sp³-hybridized carbons (Fsp3) is 0.0909. The molecular weight excluding hydrogens is 459 g/mol. The number of ether oxygens (including phenoxy) is 2. The molecule has 5 aromatic rings. The van der Waals surface area contributed by atoms with Crippen LogP contribution in [0, 0.1) is 0 Å². The van der Waals surface area contributed by atoms with Gasteiger partial charge in [0.1, 0.15) is 12.2 Å². The van der Waals surface area contributed by atoms with Gasteiger partial charge in [0.25, 0.3) is 0 Å². The Morgan fingerprint density at radius 2 is 0.806 bits per heavy atom. The average Bonchev–Trinajstić information content (AvgIpc) is 3.41. The van der Waals surface area contributed by atoms with E-state index in [4.69, 9.17) is 9.47 Å². The lowest BCUT2D eigenvalue weighted by Crippen LogP contribution is -2.24. The predicted octanol–water partition coefficient (Wildman–Crippen LogP) is 6.97. The summed E-state index contributed by atoms with van der Waals surface area (Å²) in [4.78, 5) is 0. The summed E-state index contributed by atoms with van der Waals surface area (Å²) < 4.78 is 13.5. The first-order valence-corrected chi connectivity index (χ1v) is 13.6. The molecule has 0 aromatic heterocycles. The third-order valence-electron chi connectivity index (χ3n) is 6.53. The average molecular weight is 487 g/mol. The Labute approximate surface area is 213 Å². The zero-order chi connectivity index (χ0) is 24.2. The highest BCUT2D eigenvalue weighted by molar-refractivity contribution is 7.79. The van der Waals surface area contributed by atoms with E-state index < -0.39 is 14.2 Å². The van der Waals surface area contributed by atoms with Crippen LogP contribution in [0.3, 0.4) is 0 Å². The summed E-state index contributed by atoms with van der Waals surface area (Å²) >= 11 is 0. The van der Waals surface area contributed by atoms with E-state index in [-0.39, 0.29) is 12.2 Å². The molecule has 0 saturated carbocycles. The zero-order valence-corrected chi connectivity index (χ0v) is 20.7. The Kier molecular flexibility index (Phi) is 6.74. The summed E-state index contributed by atoms with van der Waals surface area (Å²) in [5.41, 5.74) is 3.34. The monoisotopic (exact) mass is 486 g/mol. The van der Waals surface area contributed by atoms with Crippen LogP contribution in [-0.4, -0.2) is 0 Å². The van der Waals surface area contributed by atoms with Crippen molar-refractivity contribution >= 4 is 23.8 Å². The second kappa shape index (κ2) is 10.6. The van der Waals surface area contributed by atoms with E-state index in [0.717, 1.165) is 16.7 Å². The fourth-order valence-corrected chi connectivity index (χ4v) is 7.32. The van der Waals surface area contributed by atoms with Gasteiger partial charge in [-0.25, -0.2) is 0 Å². The smallest absolute Gasteiger partial charge is 0.186 e. The van der Waals surface area contributed by atoms with Crippen molar-refractivity contribution in [1.29, 1.82) is 0 Å². The van der Waals surface area contributed by atoms with Gasteiger partial charge in [-0.15, -0.1) is 0 Å². The van der Waals surface area contributed by atoms with E-state index in [9.17, 15) is 0 Å². The maximum atomic E-state index is 6.75. The predicted molar refractivity (Wildman–Crippen MR) is 148 cm³/mol. The maximum Gasteiger partial charge on any atom is 0.186 e. The van der Waals surface area contributed by atoms with Gasteiger partial charge in [0.05, 0.1) is 0 Å². The Morgan fingerprint density at radius 3 is 1.28 bits per heavy atom. The van der Waals surface area contributed by atoms with E-state index in [0.29, 0.717) is 0 Å². The van der Waals surface area contributed by atoms with Gasteiger partial charge in [0, 0.05) is 5.56 Å². The van der Waals surface area contributed by atoms with E-state index in [2.05, 4.69) is 133 Å². The Balaban J connectivity index is 1.44. The molecule has 6 rings (SSSR count). The van der Waals surface area contributed by atoms with Gasteiger partial charge in [-0.2, -0.15) is 0 Å². The summed E-state index contributed by atoms with van der Waals surface area (Å²) in [5.74, 6) is 0. The fourth-order valence-electron chi connectivity index (χ4n) is 4.85. The minimum atomic E-state index is -0.780. The number of hydrogen-bond acceptors (Lipinski definition) is 2. The van der Waals surface area contributed by atoms with Crippen molar-refractivity contribution in [3.63, 3.8) is 0 Å². The van der Waals surface area contributed by atoms with Crippen LogP contribution >= 0.6 is 7.92 Å². The second-order valence-corrected chi connectivity index (χ2v) is 11.0. The van der Waals surface area contributed by atoms with Crippen LogP contribution in [-0.2, 0) is 9.47 Å². The van der Waals surface area contributed by atoms with Gasteiger partial charge < -0.3 is 9.47 Å². The number of hydrogen-bond donors (Lipinski definition) is 0. The molecule has 1 saturated heterocycles. The van der Waals surface area contributed by atoms with Gasteiger partial charge in [-0.1, -0.05) is 146 Å². The summed E-state index contributed by atoms with van der Waals surface area (Å²) in [6, 6.07) is 51.0. The molecule has 0 unspecified atom stereocenters. The van der Waals surface area contributed by atoms with Crippen molar-refractivity contribution in [3.8, 4) is 0 Å². The van der Waals surface area contributed by atoms with Crippen LogP contribution in [0.4, 0.5) is 0 Å². The van der Waals surface area contributed by atoms with Crippen molar-refractivity contribution in [3.05, 3.63) is 162 Å². The molecule has 0 spiro atoms. The van der Waals surface area contributed by atoms with Crippen molar-refractivity contribution < 1.29 is 9.47 Å². The van der Waals surface area contributed by atoms with Crippen molar-refractivity contribution in [2.45, 2.75) is 18.5 Å². The summed E-state index contributed by atoms with van der Waals surface area (Å²) in [7, 11) is -0.780. The topological polar surface area (TPSA) is 18.5 Å². The van der Waals surface area contributed by atoms with E-state index in [1.165, 1.54) is 15.9 Å². The van der Waals surface area contributed by atoms with Crippen LogP contribution < -0.4 is 15.9 Å². The van der Waals surface area contributed by atoms with E-state index in [1.807, 2.05) is 12.1 Å². The third kappa shape index (κ3) is 4.64. The van der Waals surface area contributed by atoms with E-state index in [1.54, 1.807) is 0 Å². The van der Waals surface area contributed by atoms with Gasteiger partial charge in [0.15, 0.2) is 6.29 Å². The minimum Gasteiger partial charge on any atom is -0.337 e. The quantitative estimate of drug-likeness (QED) is 0.241. The first kappa shape index (κ1) is 22.9. The lowest BCUT2D eigenvalue weighted by molar-refractivity contribution is -0.0690. The summed E-state index contributed by atoms with van der Waals surface area (Å²) in [6.07, 6.45) is -0.841. The van der Waals surface area contributed by atoms with Gasteiger partial charge in [-0.05, 0) is 35.0 Å². The van der Waals surface area contributed by atoms with E-state index >= 15 is 0 Å². The van der Waals surface area contributed by atoms with Crippen molar-refractivity contribution in [1.82, 2.24) is 0 Å². The Hall–Kier alpha value is -3.55. The molecule has 0 N–H and O–H groups in total. The molecule has 1 aliphatic heterocycles. The molecule has 5 aromatic carbocycles. The normalized spacial score (nSPS) is 17.9. The molecule has 1 aliphatic rings. The molecule has 2 nitrogen and oxygen atoms in total. The molecule has 1 fully saturated rings. The highest BCUT2D eigenvalue weighted by atomic mass is 31.1. The molecule has 0 bridgehead atoms. The maximum absolute atomic E-state index is 6.75. The molecule has 3 heteroatoms. The van der Waals surface area contributed by atoms with Crippen LogP contribution in [0.25, 0.3) is 0 Å². The Morgan fingerprint density at radius 1 is 0.417 bits per heavy atom. The first-order valence-electron chi connectivity index (χ1n) is 12.3. The number of rotatable bonds is 6. The SMILES string of the molecule is c1ccc([C@@H]2OC(c3ccccc3P(c3ccccc3)c3ccccc3)O[C@H]2c2ccccc2)cc1. The molecular formula is C33H27O2P. The highest BCUT2D eigenvalue weighted by Crippen LogP contribution is 2.49. The largest absolute Gasteiger partial charge is 0.337 e. The van der Waals surface area contributed by atoms with Gasteiger partial charge in [0.2, 0.25) is 0 Å². The van der Waals surface area contributed by atoms with Crippen LogP contribution in [0.5, 0.6) is 0 Å². The third-order valence-corrected chi connectivity index (χ3v) is 9.05. The van der Waals surface area contributed by atoms with Crippen molar-refractivity contribution in [2.75, 3.05) is 0 Å². The molecule has 176 valence electrons. The first-order chi connectivity index (χ1) is 17.9. The lowest BCUT2D eigenvalue weighted by atomic mass is 9.99. The summed E-state index contributed by atoms with van der Waals surface area (Å²) in [6.45, 7) is 0. The summed E-state index contributed by atoms with van der Waals surface area (Å²) in [5, 5.41) is 3.88. The molecule has 0 amide bonds. The van der Waals surface area contributed by atoms with Crippen LogP contribution in [0.1, 0.15) is 35.2 Å². The van der Waals surface area contributed by atoms with Crippen molar-refractivity contribution in [2.24, 2.45) is 0 Å². The number of benzene rings is 5. The minimum absolute atomic E-state index is 0.189. The zero-order valence-electron chi connectivity index (χ0n) is 19.9. The van der Waals surface area contributed by atoms with Crippen LogP contribution in [0.15, 0.2) is 146 Å². The molecule has 0 radical (unpaired) electrons. The van der Waals surface area contributed by atoms with Gasteiger partial charge >= 0.3 is 0 Å². The highest BCUT2D eigenvalue weighted by Gasteiger charge is 2.40.